The van der Waals surface area contributed by atoms with Crippen LogP contribution in [-0.2, 0) is 19.5 Å². The van der Waals surface area contributed by atoms with E-state index in [1.807, 2.05) is 0 Å². The molecule has 2 unspecified atom stereocenters. The molecule has 19 heavy (non-hydrogen) atoms. The molecule has 0 amide bonds. The van der Waals surface area contributed by atoms with E-state index in [2.05, 4.69) is 18.7 Å². The molecule has 0 bridgehead atoms. The molecule has 2 atom stereocenters. The van der Waals surface area contributed by atoms with Gasteiger partial charge in [-0.1, -0.05) is 0 Å². The first-order chi connectivity index (χ1) is 8.92. The van der Waals surface area contributed by atoms with Crippen LogP contribution >= 0.6 is 0 Å². The Hall–Kier alpha value is -0.210. The highest BCUT2D eigenvalue weighted by Gasteiger charge is 2.34. The van der Waals surface area contributed by atoms with Crippen LogP contribution in [0.25, 0.3) is 0 Å². The third-order valence-electron chi connectivity index (χ3n) is 3.56. The van der Waals surface area contributed by atoms with Crippen molar-refractivity contribution in [2.45, 2.75) is 25.9 Å². The number of nitrogens with zero attached hydrogens (tertiary/aromatic N) is 2. The van der Waals surface area contributed by atoms with Gasteiger partial charge in [-0.2, -0.15) is 4.31 Å². The van der Waals surface area contributed by atoms with Crippen LogP contribution in [0, 0.1) is 0 Å². The van der Waals surface area contributed by atoms with Crippen molar-refractivity contribution >= 4 is 10.0 Å². The molecule has 0 spiro atoms. The Labute approximate surface area is 116 Å². The minimum atomic E-state index is -3.20. The lowest BCUT2D eigenvalue weighted by molar-refractivity contribution is 0.0493. The second-order valence-electron chi connectivity index (χ2n) is 5.05. The Kier molecular flexibility index (Phi) is 6.68. The van der Waals surface area contributed by atoms with Gasteiger partial charge in [-0.15, -0.1) is 0 Å². The molecule has 0 saturated carbocycles. The van der Waals surface area contributed by atoms with E-state index >= 15 is 0 Å². The summed E-state index contributed by atoms with van der Waals surface area (Å²) in [6.45, 7) is 6.96. The minimum Gasteiger partial charge on any atom is -0.384 e. The highest BCUT2D eigenvalue weighted by molar-refractivity contribution is 7.89. The number of methoxy groups -OCH3 is 2. The van der Waals surface area contributed by atoms with Crippen LogP contribution in [0.5, 0.6) is 0 Å². The van der Waals surface area contributed by atoms with Gasteiger partial charge in [0, 0.05) is 45.9 Å². The van der Waals surface area contributed by atoms with Gasteiger partial charge in [-0.3, -0.25) is 4.90 Å². The van der Waals surface area contributed by atoms with E-state index in [-0.39, 0.29) is 24.4 Å². The van der Waals surface area contributed by atoms with Gasteiger partial charge in [-0.25, -0.2) is 8.42 Å². The lowest BCUT2D eigenvalue weighted by atomic mass is 10.1. The van der Waals surface area contributed by atoms with Gasteiger partial charge in [-0.05, 0) is 13.8 Å². The molecule has 1 rings (SSSR count). The molecule has 0 radical (unpaired) electrons. The summed E-state index contributed by atoms with van der Waals surface area (Å²) in [5.74, 6) is 0.0566. The van der Waals surface area contributed by atoms with Crippen molar-refractivity contribution < 1.29 is 17.9 Å². The first-order valence-electron chi connectivity index (χ1n) is 6.63. The SMILES string of the molecule is COCCN1C(C)CN(S(=O)(=O)CCOC)CC1C. The van der Waals surface area contributed by atoms with Gasteiger partial charge < -0.3 is 9.47 Å². The number of sulfonamides is 1. The summed E-state index contributed by atoms with van der Waals surface area (Å²) in [6.07, 6.45) is 0. The van der Waals surface area contributed by atoms with E-state index < -0.39 is 10.0 Å². The summed E-state index contributed by atoms with van der Waals surface area (Å²) in [5.41, 5.74) is 0. The Balaban J connectivity index is 2.63. The smallest absolute Gasteiger partial charge is 0.216 e. The van der Waals surface area contributed by atoms with Crippen molar-refractivity contribution in [1.82, 2.24) is 9.21 Å². The molecule has 1 fully saturated rings. The molecule has 1 aliphatic rings. The molecule has 0 aromatic rings. The summed E-state index contributed by atoms with van der Waals surface area (Å²) in [5, 5.41) is 0. The van der Waals surface area contributed by atoms with Gasteiger partial charge in [0.05, 0.1) is 19.0 Å². The van der Waals surface area contributed by atoms with Crippen LogP contribution in [0.2, 0.25) is 0 Å². The molecular formula is C12H26N2O4S. The van der Waals surface area contributed by atoms with E-state index in [0.717, 1.165) is 6.54 Å². The van der Waals surface area contributed by atoms with Crippen molar-refractivity contribution in [2.75, 3.05) is 52.8 Å². The third-order valence-corrected chi connectivity index (χ3v) is 5.33. The van der Waals surface area contributed by atoms with E-state index in [1.54, 1.807) is 11.4 Å². The van der Waals surface area contributed by atoms with Crippen molar-refractivity contribution in [2.24, 2.45) is 0 Å². The predicted octanol–water partition coefficient (Wildman–Crippen LogP) is 0.00360. The van der Waals surface area contributed by atoms with Gasteiger partial charge >= 0.3 is 0 Å². The quantitative estimate of drug-likeness (QED) is 0.662. The van der Waals surface area contributed by atoms with Gasteiger partial charge in [0.25, 0.3) is 0 Å². The van der Waals surface area contributed by atoms with E-state index in [0.29, 0.717) is 19.7 Å². The Morgan fingerprint density at radius 1 is 1.05 bits per heavy atom. The molecule has 114 valence electrons. The number of piperazine rings is 1. The lowest BCUT2D eigenvalue weighted by Crippen LogP contribution is -2.58. The normalized spacial score (nSPS) is 26.7. The molecule has 0 aliphatic carbocycles. The molecule has 7 heteroatoms. The van der Waals surface area contributed by atoms with Crippen LogP contribution in [0.1, 0.15) is 13.8 Å². The van der Waals surface area contributed by atoms with Crippen molar-refractivity contribution in [3.63, 3.8) is 0 Å². The lowest BCUT2D eigenvalue weighted by Gasteiger charge is -2.43. The summed E-state index contributed by atoms with van der Waals surface area (Å²) in [6, 6.07) is 0.410. The highest BCUT2D eigenvalue weighted by Crippen LogP contribution is 2.18. The van der Waals surface area contributed by atoms with Crippen molar-refractivity contribution in [3.05, 3.63) is 0 Å². The maximum Gasteiger partial charge on any atom is 0.216 e. The molecule has 0 N–H and O–H groups in total. The number of hydrogen-bond acceptors (Lipinski definition) is 5. The minimum absolute atomic E-state index is 0.0566. The van der Waals surface area contributed by atoms with Crippen LogP contribution in [0.3, 0.4) is 0 Å². The zero-order valence-electron chi connectivity index (χ0n) is 12.3. The second kappa shape index (κ2) is 7.54. The fraction of sp³-hybridized carbons (Fsp3) is 1.00. The predicted molar refractivity (Wildman–Crippen MR) is 74.7 cm³/mol. The number of rotatable bonds is 7. The molecular weight excluding hydrogens is 268 g/mol. The van der Waals surface area contributed by atoms with E-state index in [9.17, 15) is 8.42 Å². The van der Waals surface area contributed by atoms with E-state index in [1.165, 1.54) is 7.11 Å². The van der Waals surface area contributed by atoms with Gasteiger partial charge in [0.1, 0.15) is 0 Å². The maximum atomic E-state index is 12.2. The first-order valence-corrected chi connectivity index (χ1v) is 8.24. The fourth-order valence-corrected chi connectivity index (χ4v) is 4.01. The summed E-state index contributed by atoms with van der Waals surface area (Å²) < 4.78 is 35.9. The molecule has 1 saturated heterocycles. The molecule has 1 aliphatic heterocycles. The number of ether oxygens (including phenoxy) is 2. The maximum absolute atomic E-state index is 12.2. The Morgan fingerprint density at radius 2 is 1.58 bits per heavy atom. The second-order valence-corrected chi connectivity index (χ2v) is 7.14. The molecule has 6 nitrogen and oxygen atoms in total. The van der Waals surface area contributed by atoms with Crippen molar-refractivity contribution in [3.8, 4) is 0 Å². The van der Waals surface area contributed by atoms with Crippen LogP contribution in [0.15, 0.2) is 0 Å². The molecule has 0 aromatic carbocycles. The Bertz CT molecular complexity index is 349. The zero-order valence-corrected chi connectivity index (χ0v) is 13.1. The monoisotopic (exact) mass is 294 g/mol. The van der Waals surface area contributed by atoms with Crippen LogP contribution in [0.4, 0.5) is 0 Å². The van der Waals surface area contributed by atoms with Crippen LogP contribution in [-0.4, -0.2) is 82.5 Å². The zero-order chi connectivity index (χ0) is 14.5. The highest BCUT2D eigenvalue weighted by atomic mass is 32.2. The van der Waals surface area contributed by atoms with Crippen molar-refractivity contribution in [1.29, 1.82) is 0 Å². The largest absolute Gasteiger partial charge is 0.384 e. The topological polar surface area (TPSA) is 59.1 Å². The first kappa shape index (κ1) is 16.8. The summed E-state index contributed by atoms with van der Waals surface area (Å²) >= 11 is 0. The van der Waals surface area contributed by atoms with Gasteiger partial charge in [0.15, 0.2) is 0 Å². The van der Waals surface area contributed by atoms with Gasteiger partial charge in [0.2, 0.25) is 10.0 Å². The van der Waals surface area contributed by atoms with Crippen LogP contribution < -0.4 is 0 Å². The van der Waals surface area contributed by atoms with E-state index in [4.69, 9.17) is 9.47 Å². The number of hydrogen-bond donors (Lipinski definition) is 0. The Morgan fingerprint density at radius 3 is 2.05 bits per heavy atom. The standard InChI is InChI=1S/C12H26N2O4S/c1-11-9-13(19(15,16)8-7-18-4)10-12(2)14(11)5-6-17-3/h11-12H,5-10H2,1-4H3. The molecule has 1 heterocycles. The fourth-order valence-electron chi connectivity index (χ4n) is 2.49. The average molecular weight is 294 g/mol. The average Bonchev–Trinajstić information content (AvgIpc) is 2.35. The summed E-state index contributed by atoms with van der Waals surface area (Å²) in [7, 11) is -0.00617. The molecule has 0 aromatic heterocycles. The third kappa shape index (κ3) is 4.68. The summed E-state index contributed by atoms with van der Waals surface area (Å²) in [4.78, 5) is 2.30.